The number of hydrogen-bond donors (Lipinski definition) is 5. The molecule has 1 aromatic carbocycles. The number of nitrogens with one attached hydrogen (secondary N) is 3. The van der Waals surface area contributed by atoms with E-state index in [0.29, 0.717) is 42.8 Å². The Morgan fingerprint density at radius 1 is 0.932 bits per heavy atom. The van der Waals surface area contributed by atoms with Gasteiger partial charge in [0, 0.05) is 18.2 Å². The van der Waals surface area contributed by atoms with Crippen LogP contribution in [-0.4, -0.2) is 77.7 Å². The van der Waals surface area contributed by atoms with Crippen LogP contribution >= 0.6 is 0 Å². The summed E-state index contributed by atoms with van der Waals surface area (Å²) in [5.41, 5.74) is 14.6. The van der Waals surface area contributed by atoms with Gasteiger partial charge in [-0.1, -0.05) is 12.1 Å². The number of ether oxygens (including phenoxy) is 3. The monoisotopic (exact) mass is 611 g/mol. The van der Waals surface area contributed by atoms with Crippen molar-refractivity contribution in [3.8, 4) is 0 Å². The first-order valence-electron chi connectivity index (χ1n) is 14.6. The predicted octanol–water partition coefficient (Wildman–Crippen LogP) is 1.82. The highest BCUT2D eigenvalue weighted by atomic mass is 16.5. The number of aromatic nitrogens is 3. The van der Waals surface area contributed by atoms with Crippen molar-refractivity contribution in [2.24, 2.45) is 0 Å². The molecule has 2 atom stereocenters. The number of methoxy groups -OCH3 is 1. The third kappa shape index (κ3) is 9.66. The Labute approximate surface area is 255 Å². The number of rotatable bonds is 17. The molecule has 0 aliphatic carbocycles. The normalized spacial score (nSPS) is 12.3. The van der Waals surface area contributed by atoms with Crippen molar-refractivity contribution >= 4 is 46.6 Å². The fourth-order valence-electron chi connectivity index (χ4n) is 4.70. The van der Waals surface area contributed by atoms with E-state index in [-0.39, 0.29) is 38.4 Å². The summed E-state index contributed by atoms with van der Waals surface area (Å²) in [6, 6.07) is 5.50. The number of nitrogens with two attached hydrogens (primary N) is 2. The zero-order valence-electron chi connectivity index (χ0n) is 25.3. The Morgan fingerprint density at radius 2 is 1.66 bits per heavy atom. The molecule has 14 nitrogen and oxygen atoms in total. The molecule has 0 aliphatic heterocycles. The van der Waals surface area contributed by atoms with E-state index in [4.69, 9.17) is 25.7 Å². The van der Waals surface area contributed by atoms with Crippen molar-refractivity contribution in [3.05, 3.63) is 47.2 Å². The molecule has 2 aromatic heterocycles. The van der Waals surface area contributed by atoms with E-state index in [0.717, 1.165) is 16.5 Å². The summed E-state index contributed by atoms with van der Waals surface area (Å²) in [6.07, 6.45) is 4.16. The topological polar surface area (TPSA) is 214 Å². The fourth-order valence-corrected chi connectivity index (χ4v) is 4.70. The number of amides is 1. The molecule has 14 heteroatoms. The van der Waals surface area contributed by atoms with Gasteiger partial charge in [-0.15, -0.1) is 0 Å². The quantitative estimate of drug-likeness (QED) is 0.0840. The van der Waals surface area contributed by atoms with Gasteiger partial charge in [0.25, 0.3) is 5.91 Å². The summed E-state index contributed by atoms with van der Waals surface area (Å²) in [5, 5.41) is 6.55. The molecule has 3 rings (SSSR count). The average Bonchev–Trinajstić information content (AvgIpc) is 3.42. The van der Waals surface area contributed by atoms with E-state index in [1.807, 2.05) is 18.3 Å². The Bertz CT molecular complexity index is 1430. The molecule has 3 aromatic rings. The average molecular weight is 612 g/mol. The van der Waals surface area contributed by atoms with E-state index < -0.39 is 35.9 Å². The number of nitrogens with zero attached hydrogens (tertiary/aromatic N) is 2. The summed E-state index contributed by atoms with van der Waals surface area (Å²) in [4.78, 5) is 60.7. The maximum absolute atomic E-state index is 13.0. The molecule has 1 unspecified atom stereocenters. The van der Waals surface area contributed by atoms with Gasteiger partial charge in [-0.25, -0.2) is 4.79 Å². The standard InChI is InChI=1S/C30H41N7O7/c1-4-43-23(38)15-14-21(29(41)44-5-2)33-16-6-7-22(28(40)42-3)35-27(39)19-11-8-18(9-12-19)10-13-20-17-34-26-24(20)25(31)36-30(32)37-26/h8-9,11-12,17,21-22,33H,4-7,10,13-16H2,1-3H3,(H,35,39)(H5,31,32,34,36,37)/t21?,22-/m0/s1. The van der Waals surface area contributed by atoms with E-state index in [1.54, 1.807) is 26.0 Å². The zero-order chi connectivity index (χ0) is 32.1. The van der Waals surface area contributed by atoms with Crippen LogP contribution in [0, 0.1) is 0 Å². The van der Waals surface area contributed by atoms with Crippen LogP contribution in [0.1, 0.15) is 61.0 Å². The van der Waals surface area contributed by atoms with Gasteiger partial charge in [-0.05, 0) is 75.8 Å². The molecule has 7 N–H and O–H groups in total. The molecule has 44 heavy (non-hydrogen) atoms. The number of hydrogen-bond acceptors (Lipinski definition) is 12. The van der Waals surface area contributed by atoms with Gasteiger partial charge in [0.15, 0.2) is 0 Å². The number of carbonyl (C=O) groups excluding carboxylic acids is 4. The molecule has 0 fully saturated rings. The molecular formula is C30H41N7O7. The second kappa shape index (κ2) is 16.8. The van der Waals surface area contributed by atoms with Crippen molar-refractivity contribution < 1.29 is 33.4 Å². The van der Waals surface area contributed by atoms with Crippen LogP contribution in [0.4, 0.5) is 11.8 Å². The van der Waals surface area contributed by atoms with E-state index in [1.165, 1.54) is 7.11 Å². The van der Waals surface area contributed by atoms with E-state index in [9.17, 15) is 19.2 Å². The van der Waals surface area contributed by atoms with Crippen LogP contribution in [0.2, 0.25) is 0 Å². The van der Waals surface area contributed by atoms with Crippen molar-refractivity contribution in [3.63, 3.8) is 0 Å². The smallest absolute Gasteiger partial charge is 0.328 e. The largest absolute Gasteiger partial charge is 0.467 e. The second-order valence-electron chi connectivity index (χ2n) is 10.00. The van der Waals surface area contributed by atoms with Gasteiger partial charge >= 0.3 is 17.9 Å². The van der Waals surface area contributed by atoms with Crippen molar-refractivity contribution in [1.82, 2.24) is 25.6 Å². The molecule has 0 saturated carbocycles. The Morgan fingerprint density at radius 3 is 2.34 bits per heavy atom. The van der Waals surface area contributed by atoms with Crippen LogP contribution in [0.5, 0.6) is 0 Å². The maximum atomic E-state index is 13.0. The highest BCUT2D eigenvalue weighted by Crippen LogP contribution is 2.24. The van der Waals surface area contributed by atoms with Gasteiger partial charge in [0.2, 0.25) is 5.95 Å². The Balaban J connectivity index is 1.52. The van der Waals surface area contributed by atoms with E-state index >= 15 is 0 Å². The first-order valence-corrected chi connectivity index (χ1v) is 14.6. The van der Waals surface area contributed by atoms with Gasteiger partial charge in [0.1, 0.15) is 23.5 Å². The van der Waals surface area contributed by atoms with Crippen LogP contribution in [0.3, 0.4) is 0 Å². The number of carbonyl (C=O) groups is 4. The lowest BCUT2D eigenvalue weighted by Crippen LogP contribution is -2.43. The van der Waals surface area contributed by atoms with Gasteiger partial charge in [0.05, 0.1) is 25.7 Å². The lowest BCUT2D eigenvalue weighted by Gasteiger charge is -2.19. The number of anilines is 2. The summed E-state index contributed by atoms with van der Waals surface area (Å²) < 4.78 is 14.9. The third-order valence-corrected chi connectivity index (χ3v) is 6.92. The number of aryl methyl sites for hydroxylation is 2. The number of H-pyrrole nitrogens is 1. The Hall–Kier alpha value is -4.72. The molecular weight excluding hydrogens is 570 g/mol. The van der Waals surface area contributed by atoms with Crippen LogP contribution in [0.25, 0.3) is 11.0 Å². The molecule has 1 amide bonds. The molecule has 0 bridgehead atoms. The number of aromatic amines is 1. The first-order chi connectivity index (χ1) is 21.2. The van der Waals surface area contributed by atoms with Gasteiger partial charge < -0.3 is 41.3 Å². The lowest BCUT2D eigenvalue weighted by molar-refractivity contribution is -0.147. The highest BCUT2D eigenvalue weighted by molar-refractivity contribution is 5.96. The van der Waals surface area contributed by atoms with Gasteiger partial charge in [-0.3, -0.25) is 14.4 Å². The zero-order valence-corrected chi connectivity index (χ0v) is 25.3. The molecule has 0 spiro atoms. The summed E-state index contributed by atoms with van der Waals surface area (Å²) in [5.74, 6) is -1.44. The fraction of sp³-hybridized carbons (Fsp3) is 0.467. The maximum Gasteiger partial charge on any atom is 0.328 e. The molecule has 2 heterocycles. The van der Waals surface area contributed by atoms with E-state index in [2.05, 4.69) is 25.6 Å². The summed E-state index contributed by atoms with van der Waals surface area (Å²) in [6.45, 7) is 4.22. The third-order valence-electron chi connectivity index (χ3n) is 6.92. The predicted molar refractivity (Wildman–Crippen MR) is 163 cm³/mol. The molecule has 238 valence electrons. The number of benzene rings is 1. The van der Waals surface area contributed by atoms with Crippen molar-refractivity contribution in [2.75, 3.05) is 38.3 Å². The minimum absolute atomic E-state index is 0.0616. The van der Waals surface area contributed by atoms with Crippen LogP contribution < -0.4 is 22.1 Å². The molecule has 0 aliphatic rings. The first kappa shape index (κ1) is 33.8. The SMILES string of the molecule is CCOC(=O)CCC(NCCC[C@H](NC(=O)c1ccc(CCc2c[nH]c3nc(N)nc(N)c23)cc1)C(=O)OC)C(=O)OCC. The van der Waals surface area contributed by atoms with Gasteiger partial charge in [-0.2, -0.15) is 9.97 Å². The second-order valence-corrected chi connectivity index (χ2v) is 10.00. The lowest BCUT2D eigenvalue weighted by atomic mass is 10.0. The van der Waals surface area contributed by atoms with Crippen molar-refractivity contribution in [2.45, 2.75) is 64.5 Å². The molecule has 0 radical (unpaired) electrons. The number of esters is 3. The van der Waals surface area contributed by atoms with Crippen molar-refractivity contribution in [1.29, 1.82) is 0 Å². The minimum Gasteiger partial charge on any atom is -0.467 e. The highest BCUT2D eigenvalue weighted by Gasteiger charge is 2.24. The summed E-state index contributed by atoms with van der Waals surface area (Å²) in [7, 11) is 1.25. The summed E-state index contributed by atoms with van der Waals surface area (Å²) >= 11 is 0. The Kier molecular flexibility index (Phi) is 12.9. The molecule has 0 saturated heterocycles. The number of nitrogen functional groups attached to an aromatic ring is 2. The van der Waals surface area contributed by atoms with Crippen LogP contribution in [0.15, 0.2) is 30.5 Å². The number of fused-ring (bicyclic) bond motifs is 1. The minimum atomic E-state index is -0.891. The van der Waals surface area contributed by atoms with Crippen LogP contribution in [-0.2, 0) is 41.4 Å².